The van der Waals surface area contributed by atoms with Crippen molar-refractivity contribution in [1.82, 2.24) is 19.7 Å². The minimum atomic E-state index is -3.97. The monoisotopic (exact) mass is 392 g/mol. The van der Waals surface area contributed by atoms with E-state index in [1.165, 1.54) is 23.0 Å². The summed E-state index contributed by atoms with van der Waals surface area (Å²) in [5.74, 6) is -1.93. The molecule has 8 nitrogen and oxygen atoms in total. The molecule has 1 heterocycles. The van der Waals surface area contributed by atoms with E-state index in [1.807, 2.05) is 0 Å². The molecule has 2 aromatic carbocycles. The van der Waals surface area contributed by atoms with Gasteiger partial charge in [0, 0.05) is 18.5 Å². The van der Waals surface area contributed by atoms with Gasteiger partial charge < -0.3 is 5.11 Å². The van der Waals surface area contributed by atoms with E-state index >= 15 is 0 Å². The van der Waals surface area contributed by atoms with E-state index in [1.54, 1.807) is 24.3 Å². The van der Waals surface area contributed by atoms with Crippen LogP contribution in [-0.2, 0) is 16.6 Å². The van der Waals surface area contributed by atoms with Crippen LogP contribution in [0.25, 0.3) is 10.8 Å². The number of aromatic carboxylic acids is 1. The molecule has 0 atom stereocenters. The number of carbonyl (C=O) groups is 1. The average Bonchev–Trinajstić information content (AvgIpc) is 3.11. The van der Waals surface area contributed by atoms with Crippen LogP contribution in [0.3, 0.4) is 0 Å². The SMILES string of the molecule is O=C(O)c1cn(CCCCNS(=O)(=O)c2ccc3ccccc3c2F)nn1. The molecule has 0 saturated carbocycles. The van der Waals surface area contributed by atoms with E-state index in [2.05, 4.69) is 15.0 Å². The third kappa shape index (κ3) is 4.29. The van der Waals surface area contributed by atoms with E-state index in [-0.39, 0.29) is 22.5 Å². The van der Waals surface area contributed by atoms with Gasteiger partial charge in [0.25, 0.3) is 0 Å². The Kier molecular flexibility index (Phi) is 5.47. The minimum Gasteiger partial charge on any atom is -0.476 e. The number of rotatable bonds is 8. The van der Waals surface area contributed by atoms with Gasteiger partial charge >= 0.3 is 5.97 Å². The molecule has 0 aliphatic heterocycles. The number of aromatic nitrogens is 3. The Morgan fingerprint density at radius 1 is 1.19 bits per heavy atom. The zero-order valence-electron chi connectivity index (χ0n) is 14.2. The highest BCUT2D eigenvalue weighted by Gasteiger charge is 2.20. The van der Waals surface area contributed by atoms with Crippen LogP contribution in [0.4, 0.5) is 4.39 Å². The van der Waals surface area contributed by atoms with Crippen LogP contribution in [0.2, 0.25) is 0 Å². The summed E-state index contributed by atoms with van der Waals surface area (Å²) in [5.41, 5.74) is -0.150. The van der Waals surface area contributed by atoms with E-state index in [4.69, 9.17) is 5.11 Å². The number of benzene rings is 2. The Labute approximate surface area is 154 Å². The van der Waals surface area contributed by atoms with Crippen LogP contribution in [0.15, 0.2) is 47.5 Å². The summed E-state index contributed by atoms with van der Waals surface area (Å²) in [6, 6.07) is 9.47. The second kappa shape index (κ2) is 7.80. The summed E-state index contributed by atoms with van der Waals surface area (Å²) >= 11 is 0. The molecule has 10 heteroatoms. The molecule has 142 valence electrons. The minimum absolute atomic E-state index is 0.120. The molecule has 0 bridgehead atoms. The Balaban J connectivity index is 1.57. The van der Waals surface area contributed by atoms with Gasteiger partial charge in [-0.2, -0.15) is 0 Å². The van der Waals surface area contributed by atoms with Gasteiger partial charge in [-0.05, 0) is 24.3 Å². The fourth-order valence-corrected chi connectivity index (χ4v) is 3.77. The number of aryl methyl sites for hydroxylation is 1. The maximum atomic E-state index is 14.5. The van der Waals surface area contributed by atoms with Crippen LogP contribution in [-0.4, -0.2) is 41.0 Å². The maximum absolute atomic E-state index is 14.5. The van der Waals surface area contributed by atoms with Crippen LogP contribution in [0.5, 0.6) is 0 Å². The fraction of sp³-hybridized carbons (Fsp3) is 0.235. The molecule has 0 aliphatic carbocycles. The van der Waals surface area contributed by atoms with Crippen molar-refractivity contribution in [2.45, 2.75) is 24.3 Å². The Bertz CT molecular complexity index is 1080. The van der Waals surface area contributed by atoms with Gasteiger partial charge in [0.15, 0.2) is 11.5 Å². The Morgan fingerprint density at radius 3 is 2.70 bits per heavy atom. The van der Waals surface area contributed by atoms with Gasteiger partial charge in [0.05, 0.1) is 6.20 Å². The number of fused-ring (bicyclic) bond motifs is 1. The molecule has 3 aromatic rings. The third-order valence-electron chi connectivity index (χ3n) is 3.98. The van der Waals surface area contributed by atoms with Crippen LogP contribution in [0, 0.1) is 5.82 Å². The lowest BCUT2D eigenvalue weighted by Gasteiger charge is -2.09. The lowest BCUT2D eigenvalue weighted by Crippen LogP contribution is -2.26. The third-order valence-corrected chi connectivity index (χ3v) is 5.46. The first-order valence-corrected chi connectivity index (χ1v) is 9.67. The predicted octanol–water partition coefficient (Wildman–Crippen LogP) is 2.03. The van der Waals surface area contributed by atoms with Gasteiger partial charge in [0.2, 0.25) is 10.0 Å². The van der Waals surface area contributed by atoms with Gasteiger partial charge in [-0.25, -0.2) is 22.3 Å². The zero-order chi connectivity index (χ0) is 19.4. The van der Waals surface area contributed by atoms with Gasteiger partial charge in [0.1, 0.15) is 4.90 Å². The maximum Gasteiger partial charge on any atom is 0.358 e. The molecular weight excluding hydrogens is 375 g/mol. The van der Waals surface area contributed by atoms with Crippen molar-refractivity contribution in [3.05, 3.63) is 54.1 Å². The average molecular weight is 392 g/mol. The second-order valence-electron chi connectivity index (χ2n) is 5.88. The molecule has 2 N–H and O–H groups in total. The van der Waals surface area contributed by atoms with E-state index in [9.17, 15) is 17.6 Å². The van der Waals surface area contributed by atoms with E-state index in [0.29, 0.717) is 24.8 Å². The predicted molar refractivity (Wildman–Crippen MR) is 95.3 cm³/mol. The number of unbranched alkanes of at least 4 members (excludes halogenated alkanes) is 1. The van der Waals surface area contributed by atoms with Crippen molar-refractivity contribution in [2.24, 2.45) is 0 Å². The van der Waals surface area contributed by atoms with Crippen molar-refractivity contribution < 1.29 is 22.7 Å². The van der Waals surface area contributed by atoms with Crippen LogP contribution in [0.1, 0.15) is 23.3 Å². The van der Waals surface area contributed by atoms with Crippen molar-refractivity contribution >= 4 is 26.8 Å². The summed E-state index contributed by atoms with van der Waals surface area (Å²) in [5, 5.41) is 16.8. The molecule has 0 unspecified atom stereocenters. The first-order valence-electron chi connectivity index (χ1n) is 8.19. The number of carboxylic acid groups (broad SMARTS) is 1. The highest BCUT2D eigenvalue weighted by molar-refractivity contribution is 7.89. The lowest BCUT2D eigenvalue weighted by atomic mass is 10.1. The van der Waals surface area contributed by atoms with Crippen LogP contribution < -0.4 is 4.72 Å². The Morgan fingerprint density at radius 2 is 1.96 bits per heavy atom. The van der Waals surface area contributed by atoms with Gasteiger partial charge in [-0.3, -0.25) is 4.68 Å². The van der Waals surface area contributed by atoms with Crippen molar-refractivity contribution in [3.63, 3.8) is 0 Å². The van der Waals surface area contributed by atoms with Gasteiger partial charge in [-0.1, -0.05) is 35.5 Å². The number of nitrogens with one attached hydrogen (secondary N) is 1. The summed E-state index contributed by atoms with van der Waals surface area (Å²) in [6.07, 6.45) is 2.32. The zero-order valence-corrected chi connectivity index (χ0v) is 15.0. The molecule has 1 aromatic heterocycles. The number of halogens is 1. The second-order valence-corrected chi connectivity index (χ2v) is 7.61. The molecule has 0 fully saturated rings. The molecule has 0 saturated heterocycles. The van der Waals surface area contributed by atoms with Gasteiger partial charge in [-0.15, -0.1) is 5.10 Å². The molecule has 3 rings (SSSR count). The normalized spacial score (nSPS) is 11.7. The first kappa shape index (κ1) is 18.9. The largest absolute Gasteiger partial charge is 0.476 e. The van der Waals surface area contributed by atoms with E-state index in [0.717, 1.165) is 0 Å². The highest BCUT2D eigenvalue weighted by Crippen LogP contribution is 2.24. The number of hydrogen-bond donors (Lipinski definition) is 2. The van der Waals surface area contributed by atoms with Crippen LogP contribution >= 0.6 is 0 Å². The molecular formula is C17H17FN4O4S. The molecule has 0 aliphatic rings. The first-order chi connectivity index (χ1) is 12.9. The summed E-state index contributed by atoms with van der Waals surface area (Å²) in [4.78, 5) is 10.3. The van der Waals surface area contributed by atoms with Crippen molar-refractivity contribution in [3.8, 4) is 0 Å². The molecule has 0 spiro atoms. The highest BCUT2D eigenvalue weighted by atomic mass is 32.2. The number of carboxylic acids is 1. The fourth-order valence-electron chi connectivity index (χ4n) is 2.61. The van der Waals surface area contributed by atoms with E-state index < -0.39 is 21.8 Å². The molecule has 0 radical (unpaired) electrons. The Hall–Kier alpha value is -2.85. The number of hydrogen-bond acceptors (Lipinski definition) is 5. The summed E-state index contributed by atoms with van der Waals surface area (Å²) < 4.78 is 43.0. The standard InChI is InChI=1S/C17H17FN4O4S/c18-16-13-6-2-1-5-12(13)7-8-15(16)27(25,26)19-9-3-4-10-22-11-14(17(23)24)20-21-22/h1-2,5-8,11,19H,3-4,9-10H2,(H,23,24). The topological polar surface area (TPSA) is 114 Å². The quantitative estimate of drug-likeness (QED) is 0.567. The van der Waals surface area contributed by atoms with Crippen molar-refractivity contribution in [1.29, 1.82) is 0 Å². The van der Waals surface area contributed by atoms with Crippen molar-refractivity contribution in [2.75, 3.05) is 6.54 Å². The lowest BCUT2D eigenvalue weighted by molar-refractivity contribution is 0.0690. The number of nitrogens with zero attached hydrogens (tertiary/aromatic N) is 3. The summed E-state index contributed by atoms with van der Waals surface area (Å²) in [7, 11) is -3.97. The summed E-state index contributed by atoms with van der Waals surface area (Å²) in [6.45, 7) is 0.515. The molecule has 0 amide bonds. The molecule has 27 heavy (non-hydrogen) atoms. The number of sulfonamides is 1. The smallest absolute Gasteiger partial charge is 0.358 e.